The highest BCUT2D eigenvalue weighted by Crippen LogP contribution is 2.37. The topological polar surface area (TPSA) is 43.9 Å². The molecule has 0 aromatic heterocycles. The molecule has 1 unspecified atom stereocenters. The Labute approximate surface area is 154 Å². The molecule has 5 nitrogen and oxygen atoms in total. The quantitative estimate of drug-likeness (QED) is 0.812. The summed E-state index contributed by atoms with van der Waals surface area (Å²) < 4.78 is 0. The van der Waals surface area contributed by atoms with Crippen molar-refractivity contribution in [2.75, 3.05) is 44.2 Å². The fourth-order valence-electron chi connectivity index (χ4n) is 3.47. The second kappa shape index (κ2) is 8.23. The lowest BCUT2D eigenvalue weighted by molar-refractivity contribution is -0.128. The van der Waals surface area contributed by atoms with Crippen LogP contribution in [0.1, 0.15) is 26.7 Å². The summed E-state index contributed by atoms with van der Waals surface area (Å²) in [7, 11) is 0. The van der Waals surface area contributed by atoms with Gasteiger partial charge in [0, 0.05) is 49.8 Å². The molecule has 1 aromatic rings. The molecule has 0 radical (unpaired) electrons. The first kappa shape index (κ1) is 18.3. The summed E-state index contributed by atoms with van der Waals surface area (Å²) in [6, 6.07) is 8.21. The second-order valence-corrected chi connectivity index (χ2v) is 8.35. The third-order valence-corrected chi connectivity index (χ3v) is 6.17. The molecule has 2 aliphatic heterocycles. The van der Waals surface area contributed by atoms with Gasteiger partial charge in [-0.15, -0.1) is 11.8 Å². The molecule has 136 valence electrons. The van der Waals surface area contributed by atoms with Gasteiger partial charge in [-0.1, -0.05) is 19.1 Å². The summed E-state index contributed by atoms with van der Waals surface area (Å²) in [5.74, 6) is 0.291. The predicted octanol–water partition coefficient (Wildman–Crippen LogP) is 2.46. The van der Waals surface area contributed by atoms with E-state index in [0.29, 0.717) is 18.3 Å². The normalized spacial score (nSPS) is 22.1. The third-order valence-electron chi connectivity index (χ3n) is 4.94. The van der Waals surface area contributed by atoms with E-state index in [-0.39, 0.29) is 11.8 Å². The number of carbonyl (C=O) groups excluding carboxylic acids is 2. The van der Waals surface area contributed by atoms with Crippen LogP contribution in [0, 0.1) is 0 Å². The van der Waals surface area contributed by atoms with E-state index in [2.05, 4.69) is 24.0 Å². The molecule has 3 rings (SSSR count). The Hall–Kier alpha value is -1.53. The molecule has 6 heteroatoms. The largest absolute Gasteiger partial charge is 0.342 e. The van der Waals surface area contributed by atoms with Crippen molar-refractivity contribution >= 4 is 29.3 Å². The molecule has 0 bridgehead atoms. The lowest BCUT2D eigenvalue weighted by atomic mass is 10.2. The Bertz CT molecular complexity index is 637. The third kappa shape index (κ3) is 4.55. The summed E-state index contributed by atoms with van der Waals surface area (Å²) in [5, 5.41) is 0.515. The molecule has 2 amide bonds. The molecule has 0 N–H and O–H groups in total. The molecule has 0 spiro atoms. The average Bonchev–Trinajstić information content (AvgIpc) is 2.90. The Kier molecular flexibility index (Phi) is 6.02. The SMILES string of the molecule is CC(=O)N1CCCN(CC(=O)N2CCC(C)Sc3ccccc32)CC1. The molecular formula is C19H27N3O2S. The minimum absolute atomic E-state index is 0.126. The number of amides is 2. The van der Waals surface area contributed by atoms with Crippen LogP contribution in [0.3, 0.4) is 0 Å². The van der Waals surface area contributed by atoms with E-state index in [4.69, 9.17) is 0 Å². The number of hydrogen-bond donors (Lipinski definition) is 0. The van der Waals surface area contributed by atoms with Gasteiger partial charge in [0.1, 0.15) is 0 Å². The monoisotopic (exact) mass is 361 g/mol. The van der Waals surface area contributed by atoms with Crippen LogP contribution in [0.2, 0.25) is 0 Å². The van der Waals surface area contributed by atoms with Gasteiger partial charge in [0.05, 0.1) is 12.2 Å². The summed E-state index contributed by atoms with van der Waals surface area (Å²) in [6.07, 6.45) is 1.93. The smallest absolute Gasteiger partial charge is 0.241 e. The lowest BCUT2D eigenvalue weighted by Gasteiger charge is -2.26. The lowest BCUT2D eigenvalue weighted by Crippen LogP contribution is -2.42. The fourth-order valence-corrected chi connectivity index (χ4v) is 4.58. The number of anilines is 1. The first-order valence-corrected chi connectivity index (χ1v) is 9.96. The molecule has 1 fully saturated rings. The van der Waals surface area contributed by atoms with E-state index in [0.717, 1.165) is 44.7 Å². The van der Waals surface area contributed by atoms with E-state index in [1.54, 1.807) is 6.92 Å². The highest BCUT2D eigenvalue weighted by molar-refractivity contribution is 8.00. The summed E-state index contributed by atoms with van der Waals surface area (Å²) >= 11 is 1.86. The molecule has 0 saturated carbocycles. The highest BCUT2D eigenvalue weighted by atomic mass is 32.2. The van der Waals surface area contributed by atoms with Crippen molar-refractivity contribution in [1.82, 2.24) is 9.80 Å². The van der Waals surface area contributed by atoms with Crippen molar-refractivity contribution in [3.05, 3.63) is 24.3 Å². The second-order valence-electron chi connectivity index (χ2n) is 6.87. The van der Waals surface area contributed by atoms with Crippen LogP contribution in [-0.4, -0.2) is 66.1 Å². The van der Waals surface area contributed by atoms with Gasteiger partial charge in [0.15, 0.2) is 0 Å². The van der Waals surface area contributed by atoms with Crippen LogP contribution < -0.4 is 4.90 Å². The summed E-state index contributed by atoms with van der Waals surface area (Å²) in [6.45, 7) is 8.19. The van der Waals surface area contributed by atoms with E-state index >= 15 is 0 Å². The molecular weight excluding hydrogens is 334 g/mol. The van der Waals surface area contributed by atoms with Crippen molar-refractivity contribution in [1.29, 1.82) is 0 Å². The Morgan fingerprint density at radius 1 is 1.12 bits per heavy atom. The van der Waals surface area contributed by atoms with Gasteiger partial charge in [-0.05, 0) is 25.0 Å². The first-order valence-electron chi connectivity index (χ1n) is 9.08. The molecule has 0 aliphatic carbocycles. The van der Waals surface area contributed by atoms with Gasteiger partial charge < -0.3 is 9.80 Å². The van der Waals surface area contributed by atoms with E-state index < -0.39 is 0 Å². The van der Waals surface area contributed by atoms with Gasteiger partial charge >= 0.3 is 0 Å². The molecule has 2 heterocycles. The maximum Gasteiger partial charge on any atom is 0.241 e. The molecule has 1 saturated heterocycles. The maximum absolute atomic E-state index is 13.0. The van der Waals surface area contributed by atoms with Crippen LogP contribution in [-0.2, 0) is 9.59 Å². The minimum atomic E-state index is 0.126. The highest BCUT2D eigenvalue weighted by Gasteiger charge is 2.26. The van der Waals surface area contributed by atoms with E-state index in [1.807, 2.05) is 33.7 Å². The zero-order valence-corrected chi connectivity index (χ0v) is 15.9. The van der Waals surface area contributed by atoms with Crippen molar-refractivity contribution in [2.24, 2.45) is 0 Å². The van der Waals surface area contributed by atoms with Gasteiger partial charge in [-0.3, -0.25) is 14.5 Å². The zero-order valence-electron chi connectivity index (χ0n) is 15.1. The van der Waals surface area contributed by atoms with Crippen molar-refractivity contribution < 1.29 is 9.59 Å². The molecule has 1 atom stereocenters. The van der Waals surface area contributed by atoms with Crippen LogP contribution in [0.5, 0.6) is 0 Å². The van der Waals surface area contributed by atoms with Crippen LogP contribution in [0.15, 0.2) is 29.2 Å². The van der Waals surface area contributed by atoms with E-state index in [9.17, 15) is 9.59 Å². The summed E-state index contributed by atoms with van der Waals surface area (Å²) in [4.78, 5) is 31.8. The molecule has 2 aliphatic rings. The summed E-state index contributed by atoms with van der Waals surface area (Å²) in [5.41, 5.74) is 1.04. The standard InChI is InChI=1S/C19H27N3O2S/c1-15-8-11-22(17-6-3-4-7-18(17)25-15)19(24)14-20-9-5-10-21(13-12-20)16(2)23/h3-4,6-7,15H,5,8-14H2,1-2H3. The number of hydrogen-bond acceptors (Lipinski definition) is 4. The van der Waals surface area contributed by atoms with Crippen molar-refractivity contribution in [3.63, 3.8) is 0 Å². The van der Waals surface area contributed by atoms with Crippen molar-refractivity contribution in [3.8, 4) is 0 Å². The number of nitrogens with zero attached hydrogens (tertiary/aromatic N) is 3. The van der Waals surface area contributed by atoms with Gasteiger partial charge in [0.25, 0.3) is 0 Å². The minimum Gasteiger partial charge on any atom is -0.342 e. The fraction of sp³-hybridized carbons (Fsp3) is 0.579. The predicted molar refractivity (Wildman–Crippen MR) is 102 cm³/mol. The van der Waals surface area contributed by atoms with Crippen LogP contribution in [0.25, 0.3) is 0 Å². The van der Waals surface area contributed by atoms with E-state index in [1.165, 1.54) is 4.90 Å². The number of thioether (sulfide) groups is 1. The number of carbonyl (C=O) groups is 2. The number of rotatable bonds is 2. The average molecular weight is 362 g/mol. The zero-order chi connectivity index (χ0) is 17.8. The molecule has 25 heavy (non-hydrogen) atoms. The van der Waals surface area contributed by atoms with Gasteiger partial charge in [0.2, 0.25) is 11.8 Å². The molecule has 1 aromatic carbocycles. The Morgan fingerprint density at radius 3 is 2.72 bits per heavy atom. The Morgan fingerprint density at radius 2 is 1.92 bits per heavy atom. The number of para-hydroxylation sites is 1. The van der Waals surface area contributed by atoms with Gasteiger partial charge in [-0.25, -0.2) is 0 Å². The first-order chi connectivity index (χ1) is 12.0. The number of fused-ring (bicyclic) bond motifs is 1. The van der Waals surface area contributed by atoms with Gasteiger partial charge in [-0.2, -0.15) is 0 Å². The van der Waals surface area contributed by atoms with Crippen LogP contribution >= 0.6 is 11.8 Å². The Balaban J connectivity index is 1.68. The number of benzene rings is 1. The van der Waals surface area contributed by atoms with Crippen molar-refractivity contribution in [2.45, 2.75) is 36.8 Å². The maximum atomic E-state index is 13.0. The van der Waals surface area contributed by atoms with Crippen LogP contribution in [0.4, 0.5) is 5.69 Å².